The van der Waals surface area contributed by atoms with Crippen LogP contribution >= 0.6 is 0 Å². The predicted molar refractivity (Wildman–Crippen MR) is 67.0 cm³/mol. The normalized spacial score (nSPS) is 11.1. The molecule has 5 heteroatoms. The van der Waals surface area contributed by atoms with Gasteiger partial charge in [0.05, 0.1) is 0 Å². The highest BCUT2D eigenvalue weighted by molar-refractivity contribution is 5.85. The summed E-state index contributed by atoms with van der Waals surface area (Å²) >= 11 is 0. The Labute approximate surface area is 103 Å². The van der Waals surface area contributed by atoms with Gasteiger partial charge in [-0.3, -0.25) is 0 Å². The lowest BCUT2D eigenvalue weighted by Gasteiger charge is -2.34. The van der Waals surface area contributed by atoms with Gasteiger partial charge >= 0.3 is 12.0 Å². The molecule has 0 unspecified atom stereocenters. The number of carbonyl (C=O) groups excluding carboxylic acids is 1. The highest BCUT2D eigenvalue weighted by Crippen LogP contribution is 2.14. The number of amides is 2. The molecule has 0 heterocycles. The smallest absolute Gasteiger partial charge is 0.329 e. The van der Waals surface area contributed by atoms with Crippen LogP contribution in [0.2, 0.25) is 0 Å². The van der Waals surface area contributed by atoms with Crippen molar-refractivity contribution in [1.29, 1.82) is 0 Å². The minimum absolute atomic E-state index is 0.256. The second kappa shape index (κ2) is 6.47. The third-order valence-electron chi connectivity index (χ3n) is 3.07. The first kappa shape index (κ1) is 15.7. The maximum Gasteiger partial charge on any atom is 0.329 e. The number of likely N-dealkylation sites (N-methyl/N-ethyl adjacent to an activating group) is 1. The fourth-order valence-electron chi connectivity index (χ4n) is 1.33. The van der Waals surface area contributed by atoms with Crippen molar-refractivity contribution in [3.8, 4) is 0 Å². The molecule has 0 spiro atoms. The zero-order valence-corrected chi connectivity index (χ0v) is 11.5. The number of hydrogen-bond acceptors (Lipinski definition) is 2. The number of hydrogen-bond donors (Lipinski definition) is 1. The molecule has 17 heavy (non-hydrogen) atoms. The van der Waals surface area contributed by atoms with Crippen LogP contribution < -0.4 is 0 Å². The molecule has 0 aliphatic rings. The third-order valence-corrected chi connectivity index (χ3v) is 3.07. The van der Waals surface area contributed by atoms with Crippen LogP contribution in [-0.2, 0) is 4.79 Å². The molecule has 0 radical (unpaired) electrons. The maximum atomic E-state index is 12.0. The van der Waals surface area contributed by atoms with Crippen molar-refractivity contribution in [2.24, 2.45) is 0 Å². The minimum atomic E-state index is -1.18. The summed E-state index contributed by atoms with van der Waals surface area (Å²) < 4.78 is 0. The Balaban J connectivity index is 4.44. The summed E-state index contributed by atoms with van der Waals surface area (Å²) in [6.45, 7) is 5.80. The van der Waals surface area contributed by atoms with Crippen molar-refractivity contribution < 1.29 is 14.7 Å². The molecule has 100 valence electrons. The van der Waals surface area contributed by atoms with Crippen LogP contribution in [0.3, 0.4) is 0 Å². The summed E-state index contributed by atoms with van der Waals surface area (Å²) in [5.74, 6) is -1.00. The molecule has 0 atom stereocenters. The van der Waals surface area contributed by atoms with Crippen LogP contribution in [0.25, 0.3) is 0 Å². The molecule has 0 aliphatic carbocycles. The maximum absolute atomic E-state index is 12.0. The van der Waals surface area contributed by atoms with E-state index in [1.807, 2.05) is 0 Å². The Hall–Kier alpha value is -1.26. The second-order valence-corrected chi connectivity index (χ2v) is 4.83. The Bertz CT molecular complexity index is 277. The number of carbonyl (C=O) groups is 2. The summed E-state index contributed by atoms with van der Waals surface area (Å²) in [5, 5.41) is 9.04. The molecular formula is C12H24N2O3. The lowest BCUT2D eigenvalue weighted by atomic mass is 10.0. The Morgan fingerprint density at radius 2 is 1.71 bits per heavy atom. The molecule has 1 N–H and O–H groups in total. The summed E-state index contributed by atoms with van der Waals surface area (Å²) in [7, 11) is 3.22. The largest absolute Gasteiger partial charge is 0.480 e. The Morgan fingerprint density at radius 3 is 2.12 bits per heavy atom. The van der Waals surface area contributed by atoms with Crippen molar-refractivity contribution >= 4 is 12.0 Å². The Kier molecular flexibility index (Phi) is 5.99. The van der Waals surface area contributed by atoms with E-state index in [2.05, 4.69) is 6.92 Å². The minimum Gasteiger partial charge on any atom is -0.480 e. The lowest BCUT2D eigenvalue weighted by Crippen LogP contribution is -2.54. The number of rotatable bonds is 6. The van der Waals surface area contributed by atoms with Crippen LogP contribution in [0.15, 0.2) is 0 Å². The van der Waals surface area contributed by atoms with Crippen LogP contribution in [0.5, 0.6) is 0 Å². The van der Waals surface area contributed by atoms with Gasteiger partial charge in [-0.2, -0.15) is 0 Å². The lowest BCUT2D eigenvalue weighted by molar-refractivity contribution is -0.147. The molecule has 0 aromatic heterocycles. The van der Waals surface area contributed by atoms with Crippen molar-refractivity contribution in [3.05, 3.63) is 0 Å². The average molecular weight is 244 g/mol. The van der Waals surface area contributed by atoms with Crippen molar-refractivity contribution in [2.45, 2.75) is 45.6 Å². The van der Waals surface area contributed by atoms with E-state index in [1.54, 1.807) is 11.9 Å². The SMILES string of the molecule is CCCCCN(C)C(=O)N(C)C(C)(C)C(=O)O. The average Bonchev–Trinajstić information content (AvgIpc) is 2.26. The number of carboxylic acid groups (broad SMARTS) is 1. The fraction of sp³-hybridized carbons (Fsp3) is 0.833. The zero-order valence-electron chi connectivity index (χ0n) is 11.5. The third kappa shape index (κ3) is 4.24. The fourth-order valence-corrected chi connectivity index (χ4v) is 1.33. The van der Waals surface area contributed by atoms with Crippen molar-refractivity contribution in [2.75, 3.05) is 20.6 Å². The molecule has 5 nitrogen and oxygen atoms in total. The molecule has 0 fully saturated rings. The van der Waals surface area contributed by atoms with Crippen molar-refractivity contribution in [1.82, 2.24) is 9.80 Å². The molecule has 0 rings (SSSR count). The first-order chi connectivity index (χ1) is 7.75. The van der Waals surface area contributed by atoms with E-state index in [9.17, 15) is 9.59 Å². The molecule has 0 saturated carbocycles. The summed E-state index contributed by atoms with van der Waals surface area (Å²) in [6, 6.07) is -0.256. The molecular weight excluding hydrogens is 220 g/mol. The van der Waals surface area contributed by atoms with Crippen LogP contribution in [-0.4, -0.2) is 53.1 Å². The summed E-state index contributed by atoms with van der Waals surface area (Å²) in [5.41, 5.74) is -1.18. The highest BCUT2D eigenvalue weighted by Gasteiger charge is 2.36. The van der Waals surface area contributed by atoms with Crippen LogP contribution in [0, 0.1) is 0 Å². The number of urea groups is 1. The van der Waals surface area contributed by atoms with Gasteiger partial charge in [-0.05, 0) is 20.3 Å². The van der Waals surface area contributed by atoms with E-state index in [1.165, 1.54) is 25.8 Å². The summed E-state index contributed by atoms with van der Waals surface area (Å²) in [4.78, 5) is 25.8. The van der Waals surface area contributed by atoms with E-state index in [0.29, 0.717) is 6.54 Å². The first-order valence-corrected chi connectivity index (χ1v) is 5.97. The van der Waals surface area contributed by atoms with Gasteiger partial charge in [0.2, 0.25) is 0 Å². The first-order valence-electron chi connectivity index (χ1n) is 5.97. The summed E-state index contributed by atoms with van der Waals surface area (Å²) in [6.07, 6.45) is 3.11. The Morgan fingerprint density at radius 1 is 1.18 bits per heavy atom. The topological polar surface area (TPSA) is 60.9 Å². The van der Waals surface area contributed by atoms with Gasteiger partial charge in [-0.1, -0.05) is 19.8 Å². The van der Waals surface area contributed by atoms with E-state index in [0.717, 1.165) is 19.3 Å². The molecule has 0 aromatic rings. The van der Waals surface area contributed by atoms with Gasteiger partial charge in [-0.25, -0.2) is 9.59 Å². The quantitative estimate of drug-likeness (QED) is 0.727. The van der Waals surface area contributed by atoms with Crippen LogP contribution in [0.4, 0.5) is 4.79 Å². The van der Waals surface area contributed by atoms with Gasteiger partial charge in [0.1, 0.15) is 5.54 Å². The van der Waals surface area contributed by atoms with Gasteiger partial charge < -0.3 is 14.9 Å². The van der Waals surface area contributed by atoms with Gasteiger partial charge in [0.25, 0.3) is 0 Å². The monoisotopic (exact) mass is 244 g/mol. The molecule has 0 aliphatic heterocycles. The number of aliphatic carboxylic acids is 1. The van der Waals surface area contributed by atoms with E-state index in [4.69, 9.17) is 5.11 Å². The van der Waals surface area contributed by atoms with Gasteiger partial charge in [-0.15, -0.1) is 0 Å². The van der Waals surface area contributed by atoms with Gasteiger partial charge in [0.15, 0.2) is 0 Å². The molecule has 0 bridgehead atoms. The standard InChI is InChI=1S/C12H24N2O3/c1-6-7-8-9-13(4)11(17)14(5)12(2,3)10(15)16/h6-9H2,1-5H3,(H,15,16). The predicted octanol–water partition coefficient (Wildman–Crippen LogP) is 2.02. The van der Waals surface area contributed by atoms with Crippen LogP contribution in [0.1, 0.15) is 40.0 Å². The molecule has 2 amide bonds. The van der Waals surface area contributed by atoms with E-state index >= 15 is 0 Å². The zero-order chi connectivity index (χ0) is 13.6. The number of unbranched alkanes of at least 4 members (excludes halogenated alkanes) is 2. The molecule has 0 aromatic carbocycles. The van der Waals surface area contributed by atoms with E-state index < -0.39 is 11.5 Å². The second-order valence-electron chi connectivity index (χ2n) is 4.83. The van der Waals surface area contributed by atoms with Gasteiger partial charge in [0, 0.05) is 20.6 Å². The molecule has 0 saturated heterocycles. The number of carboxylic acids is 1. The number of nitrogens with zero attached hydrogens (tertiary/aromatic N) is 2. The van der Waals surface area contributed by atoms with Crippen molar-refractivity contribution in [3.63, 3.8) is 0 Å². The van der Waals surface area contributed by atoms with E-state index in [-0.39, 0.29) is 6.03 Å². The highest BCUT2D eigenvalue weighted by atomic mass is 16.4.